The zero-order valence-electron chi connectivity index (χ0n) is 13.2. The van der Waals surface area contributed by atoms with Crippen molar-refractivity contribution in [3.05, 3.63) is 65.2 Å². The SMILES string of the molecule is CCNC(CSc1ccccc1C)Cc1cccc(C)c1. The fourth-order valence-corrected chi connectivity index (χ4v) is 3.60. The van der Waals surface area contributed by atoms with Crippen molar-refractivity contribution in [3.63, 3.8) is 0 Å². The zero-order valence-corrected chi connectivity index (χ0v) is 14.0. The smallest absolute Gasteiger partial charge is 0.0201 e. The standard InChI is InChI=1S/C19H25NS/c1-4-20-18(13-17-10-7-8-15(2)12-17)14-21-19-11-6-5-9-16(19)3/h5-12,18,20H,4,13-14H2,1-3H3. The van der Waals surface area contributed by atoms with E-state index in [0.29, 0.717) is 6.04 Å². The first-order valence-corrected chi connectivity index (χ1v) is 8.65. The molecule has 2 aromatic rings. The average Bonchev–Trinajstić information content (AvgIpc) is 2.46. The highest BCUT2D eigenvalue weighted by Crippen LogP contribution is 2.23. The van der Waals surface area contributed by atoms with Crippen LogP contribution >= 0.6 is 11.8 Å². The van der Waals surface area contributed by atoms with Gasteiger partial charge in [0.15, 0.2) is 0 Å². The predicted molar refractivity (Wildman–Crippen MR) is 94.3 cm³/mol. The van der Waals surface area contributed by atoms with Gasteiger partial charge in [-0.05, 0) is 44.0 Å². The largest absolute Gasteiger partial charge is 0.313 e. The molecule has 1 N–H and O–H groups in total. The van der Waals surface area contributed by atoms with Crippen molar-refractivity contribution < 1.29 is 0 Å². The Balaban J connectivity index is 1.97. The van der Waals surface area contributed by atoms with Gasteiger partial charge in [0.1, 0.15) is 0 Å². The molecule has 0 aliphatic carbocycles. The van der Waals surface area contributed by atoms with Crippen molar-refractivity contribution in [3.8, 4) is 0 Å². The molecule has 21 heavy (non-hydrogen) atoms. The van der Waals surface area contributed by atoms with Crippen LogP contribution in [0.4, 0.5) is 0 Å². The van der Waals surface area contributed by atoms with Gasteiger partial charge in [0.25, 0.3) is 0 Å². The van der Waals surface area contributed by atoms with E-state index in [0.717, 1.165) is 18.7 Å². The molecule has 112 valence electrons. The minimum absolute atomic E-state index is 0.515. The maximum atomic E-state index is 3.62. The van der Waals surface area contributed by atoms with Crippen molar-refractivity contribution in [1.82, 2.24) is 5.32 Å². The number of benzene rings is 2. The van der Waals surface area contributed by atoms with Gasteiger partial charge in [-0.2, -0.15) is 0 Å². The van der Waals surface area contributed by atoms with Crippen LogP contribution in [0, 0.1) is 13.8 Å². The first-order valence-electron chi connectivity index (χ1n) is 7.66. The molecule has 0 amide bonds. The van der Waals surface area contributed by atoms with Crippen LogP contribution in [0.3, 0.4) is 0 Å². The lowest BCUT2D eigenvalue weighted by Gasteiger charge is -2.18. The van der Waals surface area contributed by atoms with Crippen molar-refractivity contribution in [1.29, 1.82) is 0 Å². The first-order chi connectivity index (χ1) is 10.2. The number of thioether (sulfide) groups is 1. The topological polar surface area (TPSA) is 12.0 Å². The van der Waals surface area contributed by atoms with Crippen LogP contribution in [0.25, 0.3) is 0 Å². The minimum atomic E-state index is 0.515. The van der Waals surface area contributed by atoms with Crippen LogP contribution in [0.1, 0.15) is 23.6 Å². The lowest BCUT2D eigenvalue weighted by molar-refractivity contribution is 0.572. The van der Waals surface area contributed by atoms with Crippen LogP contribution in [-0.4, -0.2) is 18.3 Å². The Bertz CT molecular complexity index is 565. The minimum Gasteiger partial charge on any atom is -0.313 e. The Hall–Kier alpha value is -1.25. The van der Waals surface area contributed by atoms with Crippen LogP contribution in [-0.2, 0) is 6.42 Å². The summed E-state index contributed by atoms with van der Waals surface area (Å²) in [7, 11) is 0. The van der Waals surface area contributed by atoms with E-state index in [1.165, 1.54) is 21.6 Å². The van der Waals surface area contributed by atoms with E-state index in [1.54, 1.807) is 0 Å². The van der Waals surface area contributed by atoms with Gasteiger partial charge in [0, 0.05) is 16.7 Å². The third kappa shape index (κ3) is 5.22. The number of rotatable bonds is 7. The molecule has 0 aliphatic rings. The van der Waals surface area contributed by atoms with Gasteiger partial charge < -0.3 is 5.32 Å². The lowest BCUT2D eigenvalue weighted by atomic mass is 10.0. The first kappa shape index (κ1) is 16.1. The Morgan fingerprint density at radius 2 is 1.86 bits per heavy atom. The molecule has 0 aromatic heterocycles. The molecule has 0 heterocycles. The van der Waals surface area contributed by atoms with Gasteiger partial charge in [0.05, 0.1) is 0 Å². The van der Waals surface area contributed by atoms with Crippen LogP contribution in [0.5, 0.6) is 0 Å². The molecule has 1 atom stereocenters. The molecular weight excluding hydrogens is 274 g/mol. The molecule has 0 saturated heterocycles. The maximum absolute atomic E-state index is 3.62. The zero-order chi connectivity index (χ0) is 15.1. The van der Waals surface area contributed by atoms with E-state index < -0.39 is 0 Å². The number of aryl methyl sites for hydroxylation is 2. The second kappa shape index (κ2) is 8.26. The monoisotopic (exact) mass is 299 g/mol. The lowest BCUT2D eigenvalue weighted by Crippen LogP contribution is -2.33. The highest BCUT2D eigenvalue weighted by molar-refractivity contribution is 7.99. The van der Waals surface area contributed by atoms with Crippen molar-refractivity contribution >= 4 is 11.8 Å². The molecular formula is C19H25NS. The molecule has 0 fully saturated rings. The summed E-state index contributed by atoms with van der Waals surface area (Å²) in [6, 6.07) is 18.0. The van der Waals surface area contributed by atoms with Gasteiger partial charge in [-0.25, -0.2) is 0 Å². The van der Waals surface area contributed by atoms with Crippen molar-refractivity contribution in [2.45, 2.75) is 38.1 Å². The van der Waals surface area contributed by atoms with Gasteiger partial charge in [0.2, 0.25) is 0 Å². The summed E-state index contributed by atoms with van der Waals surface area (Å²) in [4.78, 5) is 1.39. The van der Waals surface area contributed by atoms with Crippen LogP contribution in [0.15, 0.2) is 53.4 Å². The summed E-state index contributed by atoms with van der Waals surface area (Å²) in [6.45, 7) is 7.55. The van der Waals surface area contributed by atoms with E-state index in [2.05, 4.69) is 74.6 Å². The van der Waals surface area contributed by atoms with E-state index in [-0.39, 0.29) is 0 Å². The molecule has 1 unspecified atom stereocenters. The predicted octanol–water partition coefficient (Wildman–Crippen LogP) is 4.62. The fraction of sp³-hybridized carbons (Fsp3) is 0.368. The van der Waals surface area contributed by atoms with Crippen molar-refractivity contribution in [2.24, 2.45) is 0 Å². The summed E-state index contributed by atoms with van der Waals surface area (Å²) in [5.41, 5.74) is 4.13. The van der Waals surface area contributed by atoms with Gasteiger partial charge >= 0.3 is 0 Å². The van der Waals surface area contributed by atoms with E-state index >= 15 is 0 Å². The number of hydrogen-bond acceptors (Lipinski definition) is 2. The van der Waals surface area contributed by atoms with Crippen LogP contribution < -0.4 is 5.32 Å². The summed E-state index contributed by atoms with van der Waals surface area (Å²) >= 11 is 1.96. The summed E-state index contributed by atoms with van der Waals surface area (Å²) in [5, 5.41) is 3.62. The Morgan fingerprint density at radius 1 is 1.05 bits per heavy atom. The normalized spacial score (nSPS) is 12.3. The maximum Gasteiger partial charge on any atom is 0.0201 e. The molecule has 1 nitrogen and oxygen atoms in total. The average molecular weight is 299 g/mol. The van der Waals surface area contributed by atoms with E-state index in [1.807, 2.05) is 11.8 Å². The van der Waals surface area contributed by atoms with Crippen molar-refractivity contribution in [2.75, 3.05) is 12.3 Å². The molecule has 2 aromatic carbocycles. The summed E-state index contributed by atoms with van der Waals surface area (Å²) in [6.07, 6.45) is 1.09. The van der Waals surface area contributed by atoms with Gasteiger partial charge in [-0.15, -0.1) is 11.8 Å². The molecule has 0 aliphatic heterocycles. The molecule has 0 radical (unpaired) electrons. The Morgan fingerprint density at radius 3 is 2.57 bits per heavy atom. The van der Waals surface area contributed by atoms with E-state index in [4.69, 9.17) is 0 Å². The second-order valence-corrected chi connectivity index (χ2v) is 6.59. The third-order valence-corrected chi connectivity index (χ3v) is 4.93. The Labute approximate surface area is 133 Å². The number of hydrogen-bond donors (Lipinski definition) is 1. The highest BCUT2D eigenvalue weighted by atomic mass is 32.2. The second-order valence-electron chi connectivity index (χ2n) is 5.52. The molecule has 2 rings (SSSR count). The number of likely N-dealkylation sites (N-methyl/N-ethyl adjacent to an activating group) is 1. The van der Waals surface area contributed by atoms with Crippen LogP contribution in [0.2, 0.25) is 0 Å². The molecule has 0 bridgehead atoms. The third-order valence-electron chi connectivity index (χ3n) is 3.59. The quantitative estimate of drug-likeness (QED) is 0.749. The van der Waals surface area contributed by atoms with Gasteiger partial charge in [-0.1, -0.05) is 55.0 Å². The Kier molecular flexibility index (Phi) is 6.34. The molecule has 0 spiro atoms. The van der Waals surface area contributed by atoms with Gasteiger partial charge in [-0.3, -0.25) is 0 Å². The van der Waals surface area contributed by atoms with E-state index in [9.17, 15) is 0 Å². The summed E-state index contributed by atoms with van der Waals surface area (Å²) in [5.74, 6) is 1.10. The fourth-order valence-electron chi connectivity index (χ4n) is 2.51. The highest BCUT2D eigenvalue weighted by Gasteiger charge is 2.10. The molecule has 2 heteroatoms. The molecule has 0 saturated carbocycles. The number of nitrogens with one attached hydrogen (secondary N) is 1. The summed E-state index contributed by atoms with van der Waals surface area (Å²) < 4.78 is 0.